The second-order valence-electron chi connectivity index (χ2n) is 4.06. The summed E-state index contributed by atoms with van der Waals surface area (Å²) in [5.74, 6) is -1.88. The highest BCUT2D eigenvalue weighted by Crippen LogP contribution is 2.14. The molecular formula is C13H18N2O3. The van der Waals surface area contributed by atoms with Crippen molar-refractivity contribution in [3.05, 3.63) is 35.9 Å². The van der Waals surface area contributed by atoms with E-state index in [0.29, 0.717) is 5.56 Å². The van der Waals surface area contributed by atoms with Crippen molar-refractivity contribution >= 4 is 11.9 Å². The molecule has 0 aliphatic carbocycles. The Balaban J connectivity index is 2.66. The summed E-state index contributed by atoms with van der Waals surface area (Å²) in [5.41, 5.74) is 0.683. The zero-order valence-corrected chi connectivity index (χ0v) is 10.5. The van der Waals surface area contributed by atoms with Gasteiger partial charge in [-0.2, -0.15) is 0 Å². The molecule has 5 nitrogen and oxygen atoms in total. The first-order chi connectivity index (χ1) is 8.56. The van der Waals surface area contributed by atoms with E-state index >= 15 is 0 Å². The smallest absolute Gasteiger partial charge is 0.312 e. The zero-order valence-electron chi connectivity index (χ0n) is 10.5. The van der Waals surface area contributed by atoms with Gasteiger partial charge in [0.1, 0.15) is 0 Å². The van der Waals surface area contributed by atoms with E-state index < -0.39 is 11.9 Å². The molecule has 2 atom stereocenters. The normalized spacial score (nSPS) is 13.7. The van der Waals surface area contributed by atoms with Crippen LogP contribution in [0.3, 0.4) is 0 Å². The van der Waals surface area contributed by atoms with Gasteiger partial charge in [0.15, 0.2) is 0 Å². The number of carboxylic acid groups (broad SMARTS) is 1. The first-order valence-corrected chi connectivity index (χ1v) is 5.79. The molecule has 1 aromatic rings. The molecule has 0 aliphatic heterocycles. The Hall–Kier alpha value is -1.88. The predicted octanol–water partition coefficient (Wildman–Crippen LogP) is 0.579. The third kappa shape index (κ3) is 3.85. The van der Waals surface area contributed by atoms with Crippen molar-refractivity contribution in [2.24, 2.45) is 0 Å². The molecule has 3 N–H and O–H groups in total. The molecule has 0 saturated heterocycles. The Bertz CT molecular complexity index is 406. The molecule has 1 amide bonds. The molecule has 1 aromatic carbocycles. The van der Waals surface area contributed by atoms with Gasteiger partial charge in [0.05, 0.1) is 12.0 Å². The lowest BCUT2D eigenvalue weighted by Gasteiger charge is -2.16. The zero-order chi connectivity index (χ0) is 13.5. The van der Waals surface area contributed by atoms with Crippen molar-refractivity contribution in [3.63, 3.8) is 0 Å². The van der Waals surface area contributed by atoms with Crippen LogP contribution in [0.25, 0.3) is 0 Å². The number of hydrogen-bond donors (Lipinski definition) is 3. The van der Waals surface area contributed by atoms with E-state index in [1.165, 1.54) is 0 Å². The van der Waals surface area contributed by atoms with E-state index in [1.807, 2.05) is 6.07 Å². The maximum Gasteiger partial charge on any atom is 0.312 e. The molecule has 0 aliphatic rings. The van der Waals surface area contributed by atoms with Gasteiger partial charge in [-0.25, -0.2) is 0 Å². The van der Waals surface area contributed by atoms with Crippen LogP contribution in [0.2, 0.25) is 0 Å². The average molecular weight is 250 g/mol. The van der Waals surface area contributed by atoms with Gasteiger partial charge in [-0.15, -0.1) is 0 Å². The third-order valence-corrected chi connectivity index (χ3v) is 2.81. The minimum Gasteiger partial charge on any atom is -0.481 e. The van der Waals surface area contributed by atoms with Crippen LogP contribution < -0.4 is 10.6 Å². The minimum absolute atomic E-state index is 0.0875. The summed E-state index contributed by atoms with van der Waals surface area (Å²) in [7, 11) is 1.68. The standard InChI is InChI=1S/C13H18N2O3/c1-9(14-2)12(16)15-8-11(13(17)18)10-6-4-3-5-7-10/h3-7,9,11,14H,8H2,1-2H3,(H,15,16)(H,17,18). The number of hydrogen-bond acceptors (Lipinski definition) is 3. The highest BCUT2D eigenvalue weighted by molar-refractivity contribution is 5.83. The molecule has 0 heterocycles. The lowest BCUT2D eigenvalue weighted by Crippen LogP contribution is -2.42. The number of nitrogens with one attached hydrogen (secondary N) is 2. The number of amides is 1. The maximum atomic E-state index is 11.6. The summed E-state index contributed by atoms with van der Waals surface area (Å²) in [6.07, 6.45) is 0. The van der Waals surface area contributed by atoms with Gasteiger partial charge in [0.2, 0.25) is 5.91 Å². The number of carbonyl (C=O) groups excluding carboxylic acids is 1. The highest BCUT2D eigenvalue weighted by atomic mass is 16.4. The van der Waals surface area contributed by atoms with Gasteiger partial charge in [-0.1, -0.05) is 30.3 Å². The Kier molecular flexibility index (Phi) is 5.32. The van der Waals surface area contributed by atoms with Crippen LogP contribution in [0.1, 0.15) is 18.4 Å². The minimum atomic E-state index is -0.946. The summed E-state index contributed by atoms with van der Waals surface area (Å²) < 4.78 is 0. The fraction of sp³-hybridized carbons (Fsp3) is 0.385. The van der Waals surface area contributed by atoms with Crippen molar-refractivity contribution in [2.75, 3.05) is 13.6 Å². The first-order valence-electron chi connectivity index (χ1n) is 5.79. The SMILES string of the molecule is CNC(C)C(=O)NCC(C(=O)O)c1ccccc1. The predicted molar refractivity (Wildman–Crippen MR) is 68.4 cm³/mol. The molecule has 0 radical (unpaired) electrons. The monoisotopic (exact) mass is 250 g/mol. The Morgan fingerprint density at radius 3 is 2.39 bits per heavy atom. The highest BCUT2D eigenvalue weighted by Gasteiger charge is 2.21. The lowest BCUT2D eigenvalue weighted by molar-refractivity contribution is -0.138. The molecule has 98 valence electrons. The average Bonchev–Trinajstić information content (AvgIpc) is 2.38. The van der Waals surface area contributed by atoms with Gasteiger partial charge in [-0.3, -0.25) is 9.59 Å². The Morgan fingerprint density at radius 1 is 1.28 bits per heavy atom. The van der Waals surface area contributed by atoms with Gasteiger partial charge in [0, 0.05) is 6.54 Å². The molecule has 18 heavy (non-hydrogen) atoms. The topological polar surface area (TPSA) is 78.4 Å². The number of carbonyl (C=O) groups is 2. The van der Waals surface area contributed by atoms with Gasteiger partial charge in [-0.05, 0) is 19.5 Å². The second-order valence-corrected chi connectivity index (χ2v) is 4.06. The summed E-state index contributed by atoms with van der Waals surface area (Å²) in [6, 6.07) is 8.53. The Labute approximate surface area is 106 Å². The van der Waals surface area contributed by atoms with E-state index in [0.717, 1.165) is 0 Å². The molecule has 2 unspecified atom stereocenters. The number of benzene rings is 1. The van der Waals surface area contributed by atoms with Crippen LogP contribution in [0.15, 0.2) is 30.3 Å². The molecule has 0 bridgehead atoms. The molecule has 0 saturated carbocycles. The van der Waals surface area contributed by atoms with Crippen molar-refractivity contribution in [1.29, 1.82) is 0 Å². The lowest BCUT2D eigenvalue weighted by atomic mass is 9.99. The number of likely N-dealkylation sites (N-methyl/N-ethyl adjacent to an activating group) is 1. The van der Waals surface area contributed by atoms with E-state index in [4.69, 9.17) is 5.11 Å². The summed E-state index contributed by atoms with van der Waals surface area (Å²) in [6.45, 7) is 1.80. The van der Waals surface area contributed by atoms with Gasteiger partial charge < -0.3 is 15.7 Å². The van der Waals surface area contributed by atoms with Crippen molar-refractivity contribution in [1.82, 2.24) is 10.6 Å². The summed E-state index contributed by atoms with van der Waals surface area (Å²) in [5, 5.41) is 14.6. The van der Waals surface area contributed by atoms with Crippen LogP contribution in [-0.2, 0) is 9.59 Å². The summed E-state index contributed by atoms with van der Waals surface area (Å²) >= 11 is 0. The van der Waals surface area contributed by atoms with Crippen molar-refractivity contribution in [3.8, 4) is 0 Å². The number of aliphatic carboxylic acids is 1. The third-order valence-electron chi connectivity index (χ3n) is 2.81. The maximum absolute atomic E-state index is 11.6. The molecule has 1 rings (SSSR count). The van der Waals surface area contributed by atoms with E-state index in [1.54, 1.807) is 38.2 Å². The molecular weight excluding hydrogens is 232 g/mol. The largest absolute Gasteiger partial charge is 0.481 e. The van der Waals surface area contributed by atoms with Crippen LogP contribution >= 0.6 is 0 Å². The van der Waals surface area contributed by atoms with E-state index in [-0.39, 0.29) is 18.5 Å². The second kappa shape index (κ2) is 6.76. The number of rotatable bonds is 6. The van der Waals surface area contributed by atoms with Crippen LogP contribution in [-0.4, -0.2) is 36.6 Å². The Morgan fingerprint density at radius 2 is 1.89 bits per heavy atom. The van der Waals surface area contributed by atoms with Crippen LogP contribution in [0.5, 0.6) is 0 Å². The molecule has 0 fully saturated rings. The number of carboxylic acids is 1. The molecule has 5 heteroatoms. The van der Waals surface area contributed by atoms with Crippen molar-refractivity contribution in [2.45, 2.75) is 18.9 Å². The molecule has 0 spiro atoms. The first kappa shape index (κ1) is 14.2. The van der Waals surface area contributed by atoms with E-state index in [9.17, 15) is 9.59 Å². The van der Waals surface area contributed by atoms with E-state index in [2.05, 4.69) is 10.6 Å². The van der Waals surface area contributed by atoms with Crippen LogP contribution in [0, 0.1) is 0 Å². The quantitative estimate of drug-likeness (QED) is 0.690. The fourth-order valence-corrected chi connectivity index (χ4v) is 1.52. The van der Waals surface area contributed by atoms with Gasteiger partial charge >= 0.3 is 5.97 Å². The summed E-state index contributed by atoms with van der Waals surface area (Å²) in [4.78, 5) is 22.8. The van der Waals surface area contributed by atoms with Crippen LogP contribution in [0.4, 0.5) is 0 Å². The van der Waals surface area contributed by atoms with Gasteiger partial charge in [0.25, 0.3) is 0 Å². The fourth-order valence-electron chi connectivity index (χ4n) is 1.52. The molecule has 0 aromatic heterocycles. The van der Waals surface area contributed by atoms with Crippen molar-refractivity contribution < 1.29 is 14.7 Å².